The highest BCUT2D eigenvalue weighted by Gasteiger charge is 2.15. The van der Waals surface area contributed by atoms with E-state index in [1.165, 1.54) is 0 Å². The predicted octanol–water partition coefficient (Wildman–Crippen LogP) is 1.96. The molecule has 0 atom stereocenters. The van der Waals surface area contributed by atoms with Gasteiger partial charge in [-0.05, 0) is 25.0 Å². The molecule has 96 valence electrons. The Balaban J connectivity index is 3.11. The lowest BCUT2D eigenvalue weighted by molar-refractivity contribution is -0.116. The number of primary amides is 1. The number of unbranched alkanes of at least 4 members (excludes halogenated alkanes) is 1. The molecule has 0 aliphatic rings. The molecule has 0 saturated heterocycles. The van der Waals surface area contributed by atoms with Crippen LogP contribution < -0.4 is 10.6 Å². The van der Waals surface area contributed by atoms with Crippen molar-refractivity contribution < 1.29 is 4.79 Å². The van der Waals surface area contributed by atoms with Gasteiger partial charge >= 0.3 is 0 Å². The lowest BCUT2D eigenvalue weighted by Crippen LogP contribution is -2.35. The van der Waals surface area contributed by atoms with E-state index in [0.29, 0.717) is 5.56 Å². The summed E-state index contributed by atoms with van der Waals surface area (Å²) in [4.78, 5) is 13.1. The fourth-order valence-corrected chi connectivity index (χ4v) is 1.98. The van der Waals surface area contributed by atoms with Crippen LogP contribution in [0.1, 0.15) is 30.9 Å². The smallest absolute Gasteiger partial charge is 0.236 e. The van der Waals surface area contributed by atoms with Crippen molar-refractivity contribution in [3.63, 3.8) is 0 Å². The number of hydrogen-bond acceptors (Lipinski definition) is 3. The van der Waals surface area contributed by atoms with E-state index in [-0.39, 0.29) is 12.5 Å². The summed E-state index contributed by atoms with van der Waals surface area (Å²) in [5.74, 6) is -0.377. The molecule has 0 heterocycles. The number of rotatable bonds is 6. The first-order valence-electron chi connectivity index (χ1n) is 6.13. The number of nitriles is 1. The lowest BCUT2D eigenvalue weighted by Gasteiger charge is -2.26. The Bertz CT molecular complexity index is 463. The quantitative estimate of drug-likeness (QED) is 0.832. The molecule has 0 unspecified atom stereocenters. The summed E-state index contributed by atoms with van der Waals surface area (Å²) >= 11 is 0. The Morgan fingerprint density at radius 2 is 2.22 bits per heavy atom. The van der Waals surface area contributed by atoms with Gasteiger partial charge in [-0.1, -0.05) is 25.5 Å². The van der Waals surface area contributed by atoms with E-state index in [1.54, 1.807) is 6.07 Å². The molecule has 1 aromatic rings. The molecule has 0 aliphatic carbocycles. The number of carbonyl (C=O) groups excluding carboxylic acids is 1. The molecule has 0 spiro atoms. The van der Waals surface area contributed by atoms with Gasteiger partial charge in [0.05, 0.1) is 17.8 Å². The van der Waals surface area contributed by atoms with E-state index in [9.17, 15) is 4.79 Å². The van der Waals surface area contributed by atoms with Crippen molar-refractivity contribution in [2.75, 3.05) is 18.0 Å². The molecule has 4 heteroatoms. The first kappa shape index (κ1) is 14.0. The number of nitrogens with zero attached hydrogens (tertiary/aromatic N) is 2. The number of benzene rings is 1. The second-order valence-corrected chi connectivity index (χ2v) is 4.32. The van der Waals surface area contributed by atoms with Gasteiger partial charge in [0.1, 0.15) is 6.07 Å². The molecule has 18 heavy (non-hydrogen) atoms. The number of nitrogens with two attached hydrogens (primary N) is 1. The Hall–Kier alpha value is -2.02. The van der Waals surface area contributed by atoms with Crippen molar-refractivity contribution in [3.05, 3.63) is 29.3 Å². The van der Waals surface area contributed by atoms with Gasteiger partial charge in [-0.3, -0.25) is 4.79 Å². The van der Waals surface area contributed by atoms with E-state index < -0.39 is 0 Å². The minimum absolute atomic E-state index is 0.152. The van der Waals surface area contributed by atoms with Gasteiger partial charge in [0.15, 0.2) is 0 Å². The van der Waals surface area contributed by atoms with E-state index in [4.69, 9.17) is 11.0 Å². The van der Waals surface area contributed by atoms with Crippen molar-refractivity contribution in [1.29, 1.82) is 5.26 Å². The van der Waals surface area contributed by atoms with Gasteiger partial charge in [0.25, 0.3) is 0 Å². The summed E-state index contributed by atoms with van der Waals surface area (Å²) in [6.45, 7) is 4.92. The van der Waals surface area contributed by atoms with Crippen molar-refractivity contribution in [1.82, 2.24) is 0 Å². The molecular weight excluding hydrogens is 226 g/mol. The largest absolute Gasteiger partial charge is 0.368 e. The molecule has 0 aromatic heterocycles. The summed E-state index contributed by atoms with van der Waals surface area (Å²) in [5, 5.41) is 9.16. The highest BCUT2D eigenvalue weighted by molar-refractivity contribution is 5.81. The third-order valence-corrected chi connectivity index (χ3v) is 2.80. The van der Waals surface area contributed by atoms with E-state index in [0.717, 1.165) is 30.6 Å². The van der Waals surface area contributed by atoms with Crippen LogP contribution in [0.25, 0.3) is 0 Å². The molecule has 1 amide bonds. The van der Waals surface area contributed by atoms with Crippen LogP contribution in [0.4, 0.5) is 5.69 Å². The summed E-state index contributed by atoms with van der Waals surface area (Å²) < 4.78 is 0. The molecule has 2 N–H and O–H groups in total. The zero-order chi connectivity index (χ0) is 13.5. The van der Waals surface area contributed by atoms with Gasteiger partial charge in [0, 0.05) is 6.54 Å². The maximum absolute atomic E-state index is 11.2. The Labute approximate surface area is 108 Å². The first-order chi connectivity index (χ1) is 8.60. The van der Waals surface area contributed by atoms with Gasteiger partial charge in [-0.25, -0.2) is 0 Å². The van der Waals surface area contributed by atoms with E-state index >= 15 is 0 Å². The highest BCUT2D eigenvalue weighted by Crippen LogP contribution is 2.24. The van der Waals surface area contributed by atoms with Crippen LogP contribution in [-0.2, 0) is 4.79 Å². The van der Waals surface area contributed by atoms with E-state index in [1.807, 2.05) is 24.0 Å². The summed E-state index contributed by atoms with van der Waals surface area (Å²) in [5.41, 5.74) is 7.69. The van der Waals surface area contributed by atoms with Crippen LogP contribution in [0.15, 0.2) is 18.2 Å². The van der Waals surface area contributed by atoms with Crippen molar-refractivity contribution in [2.45, 2.75) is 26.7 Å². The van der Waals surface area contributed by atoms with Crippen LogP contribution in [0.5, 0.6) is 0 Å². The van der Waals surface area contributed by atoms with Crippen molar-refractivity contribution in [3.8, 4) is 6.07 Å². The summed E-state index contributed by atoms with van der Waals surface area (Å²) in [7, 11) is 0. The fraction of sp³-hybridized carbons (Fsp3) is 0.429. The zero-order valence-corrected chi connectivity index (χ0v) is 10.9. The van der Waals surface area contributed by atoms with Crippen LogP contribution in [0, 0.1) is 18.3 Å². The number of para-hydroxylation sites is 1. The number of aryl methyl sites for hydroxylation is 1. The number of anilines is 1. The minimum atomic E-state index is -0.377. The topological polar surface area (TPSA) is 70.1 Å². The molecular formula is C14H19N3O. The van der Waals surface area contributed by atoms with Crippen LogP contribution in [0.2, 0.25) is 0 Å². The summed E-state index contributed by atoms with van der Waals surface area (Å²) in [6, 6.07) is 7.73. The maximum Gasteiger partial charge on any atom is 0.236 e. The third-order valence-electron chi connectivity index (χ3n) is 2.80. The average molecular weight is 245 g/mol. The molecule has 0 fully saturated rings. The van der Waals surface area contributed by atoms with Crippen LogP contribution in [-0.4, -0.2) is 19.0 Å². The Morgan fingerprint density at radius 1 is 1.50 bits per heavy atom. The minimum Gasteiger partial charge on any atom is -0.368 e. The second kappa shape index (κ2) is 6.65. The van der Waals surface area contributed by atoms with Gasteiger partial charge in [0.2, 0.25) is 5.91 Å². The zero-order valence-electron chi connectivity index (χ0n) is 10.9. The van der Waals surface area contributed by atoms with Gasteiger partial charge in [-0.2, -0.15) is 5.26 Å². The van der Waals surface area contributed by atoms with Gasteiger partial charge in [-0.15, -0.1) is 0 Å². The fourth-order valence-electron chi connectivity index (χ4n) is 1.98. The van der Waals surface area contributed by atoms with Crippen LogP contribution >= 0.6 is 0 Å². The second-order valence-electron chi connectivity index (χ2n) is 4.32. The molecule has 1 aromatic carbocycles. The third kappa shape index (κ3) is 3.49. The summed E-state index contributed by atoms with van der Waals surface area (Å²) in [6.07, 6.45) is 2.00. The standard InChI is InChI=1S/C14H19N3O/c1-3-4-8-17(10-13(16)18)14-11(2)6-5-7-12(14)9-15/h5-7H,3-4,8,10H2,1-2H3,(H2,16,18). The van der Waals surface area contributed by atoms with Gasteiger partial charge < -0.3 is 10.6 Å². The molecule has 4 nitrogen and oxygen atoms in total. The highest BCUT2D eigenvalue weighted by atomic mass is 16.1. The molecule has 0 saturated carbocycles. The van der Waals surface area contributed by atoms with E-state index in [2.05, 4.69) is 13.0 Å². The Kier molecular flexibility index (Phi) is 5.19. The number of amides is 1. The molecule has 0 aliphatic heterocycles. The number of hydrogen-bond donors (Lipinski definition) is 1. The maximum atomic E-state index is 11.2. The molecule has 0 radical (unpaired) electrons. The normalized spacial score (nSPS) is 9.83. The molecule has 0 bridgehead atoms. The van der Waals surface area contributed by atoms with Crippen molar-refractivity contribution in [2.24, 2.45) is 5.73 Å². The van der Waals surface area contributed by atoms with Crippen molar-refractivity contribution >= 4 is 11.6 Å². The first-order valence-corrected chi connectivity index (χ1v) is 6.13. The SMILES string of the molecule is CCCCN(CC(N)=O)c1c(C)cccc1C#N. The Morgan fingerprint density at radius 3 is 2.78 bits per heavy atom. The predicted molar refractivity (Wildman–Crippen MR) is 72.2 cm³/mol. The lowest BCUT2D eigenvalue weighted by atomic mass is 10.1. The average Bonchev–Trinajstić information content (AvgIpc) is 2.34. The monoisotopic (exact) mass is 245 g/mol. The molecule has 1 rings (SSSR count). The van der Waals surface area contributed by atoms with Crippen LogP contribution in [0.3, 0.4) is 0 Å². The number of carbonyl (C=O) groups is 1.